The van der Waals surface area contributed by atoms with E-state index >= 15 is 0 Å². The number of halogens is 4. The number of carboxylic acid groups (broad SMARTS) is 1. The Bertz CT molecular complexity index is 1890. The summed E-state index contributed by atoms with van der Waals surface area (Å²) >= 11 is 13.5. The highest BCUT2D eigenvalue weighted by Gasteiger charge is 2.16. The van der Waals surface area contributed by atoms with Crippen molar-refractivity contribution in [2.75, 3.05) is 22.1 Å². The second kappa shape index (κ2) is 14.0. The number of aliphatic carboxylic acids is 1. The van der Waals surface area contributed by atoms with E-state index in [1.54, 1.807) is 0 Å². The number of carbonyl (C=O) groups is 2. The molecular weight excluding hydrogens is 645 g/mol. The van der Waals surface area contributed by atoms with Gasteiger partial charge in [-0.15, -0.1) is 23.1 Å². The predicted octanol–water partition coefficient (Wildman–Crippen LogP) is 7.36. The van der Waals surface area contributed by atoms with Crippen molar-refractivity contribution in [3.8, 4) is 0 Å². The zero-order chi connectivity index (χ0) is 31.1. The SMILES string of the molecule is Nc1c(C=O)sc2ncnc(Nc3ccc(F)c(Cl)c3)c12.[C-]#[N+]c1c(Nc2ccc(F)c(Cl)c2)ncnc1SCC(=O)O. The fraction of sp³-hybridized carbons (Fsp3) is 0.0385. The zero-order valence-electron chi connectivity index (χ0n) is 21.3. The summed E-state index contributed by atoms with van der Waals surface area (Å²) in [5, 5.41) is 15.3. The molecule has 0 atom stereocenters. The zero-order valence-corrected chi connectivity index (χ0v) is 24.5. The first-order valence-electron chi connectivity index (χ1n) is 11.6. The van der Waals surface area contributed by atoms with E-state index in [4.69, 9.17) is 40.6 Å². The van der Waals surface area contributed by atoms with Gasteiger partial charge in [-0.3, -0.25) is 9.59 Å². The molecular formula is C26H16Cl2F2N8O3S2. The number of aromatic nitrogens is 4. The van der Waals surface area contributed by atoms with Gasteiger partial charge in [0.05, 0.1) is 38.3 Å². The molecule has 0 saturated carbocycles. The molecule has 17 heteroatoms. The molecule has 0 spiro atoms. The molecule has 0 aliphatic heterocycles. The summed E-state index contributed by atoms with van der Waals surface area (Å²) in [6.07, 6.45) is 3.26. The van der Waals surface area contributed by atoms with Crippen LogP contribution in [0.15, 0.2) is 54.1 Å². The highest BCUT2D eigenvalue weighted by molar-refractivity contribution is 8.00. The van der Waals surface area contributed by atoms with E-state index in [2.05, 4.69) is 35.4 Å². The molecule has 11 nitrogen and oxygen atoms in total. The number of nitrogens with two attached hydrogens (primary N) is 1. The number of fused-ring (bicyclic) bond motifs is 1. The van der Waals surface area contributed by atoms with Gasteiger partial charge < -0.3 is 21.5 Å². The fourth-order valence-corrected chi connectivity index (χ4v) is 5.26. The van der Waals surface area contributed by atoms with E-state index in [-0.39, 0.29) is 32.3 Å². The minimum atomic E-state index is -1.01. The van der Waals surface area contributed by atoms with Crippen molar-refractivity contribution in [2.45, 2.75) is 5.03 Å². The first kappa shape index (κ1) is 31.3. The number of anilines is 5. The number of thiophene rings is 1. The van der Waals surface area contributed by atoms with Crippen LogP contribution in [-0.4, -0.2) is 43.1 Å². The van der Waals surface area contributed by atoms with Crippen LogP contribution < -0.4 is 16.4 Å². The third-order valence-electron chi connectivity index (χ3n) is 5.26. The highest BCUT2D eigenvalue weighted by Crippen LogP contribution is 2.37. The van der Waals surface area contributed by atoms with Gasteiger partial charge in [0, 0.05) is 11.4 Å². The van der Waals surface area contributed by atoms with Crippen LogP contribution in [0.25, 0.3) is 15.1 Å². The van der Waals surface area contributed by atoms with Crippen molar-refractivity contribution in [3.63, 3.8) is 0 Å². The average molecular weight is 662 g/mol. The van der Waals surface area contributed by atoms with Crippen LogP contribution in [0, 0.1) is 18.2 Å². The van der Waals surface area contributed by atoms with Crippen LogP contribution in [0.5, 0.6) is 0 Å². The Balaban J connectivity index is 0.000000197. The fourth-order valence-electron chi connectivity index (χ4n) is 3.37. The van der Waals surface area contributed by atoms with Crippen molar-refractivity contribution in [3.05, 3.63) is 87.0 Å². The number of carboxylic acids is 1. The number of nitrogen functional groups attached to an aromatic ring is 1. The van der Waals surface area contributed by atoms with Gasteiger partial charge in [0.15, 0.2) is 6.29 Å². The number of carbonyl (C=O) groups excluding carboxylic acids is 1. The maximum Gasteiger partial charge on any atom is 0.313 e. The van der Waals surface area contributed by atoms with Gasteiger partial charge in [-0.25, -0.2) is 33.6 Å². The molecule has 0 fully saturated rings. The normalized spacial score (nSPS) is 10.4. The first-order chi connectivity index (χ1) is 20.6. The van der Waals surface area contributed by atoms with Gasteiger partial charge in [0.25, 0.3) is 5.69 Å². The lowest BCUT2D eigenvalue weighted by atomic mass is 10.2. The van der Waals surface area contributed by atoms with Crippen molar-refractivity contribution in [1.29, 1.82) is 0 Å². The molecule has 5 aromatic rings. The minimum absolute atomic E-state index is 0.00262. The number of nitrogens with zero attached hydrogens (tertiary/aromatic N) is 5. The maximum atomic E-state index is 13.2. The standard InChI is InChI=1S/C13H8ClFN4O2S.C13H8ClFN4OS/c1-16-11-12(17-6-18-13(11)22-5-10(20)21)19-7-2-3-9(15)8(14)4-7;14-7-3-6(1-2-8(7)15)19-12-10-11(16)9(4-20)21-13(10)18-5-17-12/h2-4,6H,5H2,(H,20,21)(H,17,18,19);1-5H,16H2,(H,17,18,19). The number of hydrogen-bond donors (Lipinski definition) is 4. The van der Waals surface area contributed by atoms with Crippen LogP contribution in [0.2, 0.25) is 10.0 Å². The largest absolute Gasteiger partial charge is 0.481 e. The molecule has 5 rings (SSSR count). The number of thioether (sulfide) groups is 1. The number of aldehydes is 1. The van der Waals surface area contributed by atoms with Crippen molar-refractivity contribution < 1.29 is 23.5 Å². The summed E-state index contributed by atoms with van der Waals surface area (Å²) in [4.78, 5) is 41.9. The van der Waals surface area contributed by atoms with E-state index in [1.807, 2.05) is 0 Å². The topological polar surface area (TPSA) is 160 Å². The molecule has 0 radical (unpaired) electrons. The number of hydrogen-bond acceptors (Lipinski definition) is 11. The number of rotatable bonds is 8. The molecule has 0 unspecified atom stereocenters. The molecule has 0 aliphatic rings. The molecule has 0 saturated heterocycles. The number of benzene rings is 2. The summed E-state index contributed by atoms with van der Waals surface area (Å²) in [5.74, 6) is -1.67. The average Bonchev–Trinajstić information content (AvgIpc) is 3.32. The predicted molar refractivity (Wildman–Crippen MR) is 163 cm³/mol. The van der Waals surface area contributed by atoms with Gasteiger partial charge >= 0.3 is 5.97 Å². The lowest BCUT2D eigenvalue weighted by molar-refractivity contribution is -0.133. The van der Waals surface area contributed by atoms with Gasteiger partial charge in [0.1, 0.15) is 45.8 Å². The molecule has 0 aliphatic carbocycles. The Labute approximate surface area is 259 Å². The first-order valence-corrected chi connectivity index (χ1v) is 14.2. The molecule has 3 aromatic heterocycles. The second-order valence-electron chi connectivity index (χ2n) is 8.08. The molecule has 5 N–H and O–H groups in total. The molecule has 43 heavy (non-hydrogen) atoms. The molecule has 0 amide bonds. The Morgan fingerprint density at radius 1 is 1.02 bits per heavy atom. The minimum Gasteiger partial charge on any atom is -0.481 e. The lowest BCUT2D eigenvalue weighted by Crippen LogP contribution is -2.00. The van der Waals surface area contributed by atoms with E-state index in [9.17, 15) is 18.4 Å². The molecule has 218 valence electrons. The Hall–Kier alpha value is -4.62. The third kappa shape index (κ3) is 7.62. The van der Waals surface area contributed by atoms with Crippen molar-refractivity contribution in [2.24, 2.45) is 0 Å². The highest BCUT2D eigenvalue weighted by atomic mass is 35.5. The van der Waals surface area contributed by atoms with E-state index in [0.29, 0.717) is 44.3 Å². The van der Waals surface area contributed by atoms with E-state index < -0.39 is 17.6 Å². The van der Waals surface area contributed by atoms with Gasteiger partial charge in [-0.2, -0.15) is 0 Å². The van der Waals surface area contributed by atoms with Crippen molar-refractivity contribution >= 4 is 103 Å². The van der Waals surface area contributed by atoms with E-state index in [0.717, 1.165) is 11.8 Å². The lowest BCUT2D eigenvalue weighted by Gasteiger charge is -2.09. The van der Waals surface area contributed by atoms with E-state index in [1.165, 1.54) is 60.4 Å². The summed E-state index contributed by atoms with van der Waals surface area (Å²) in [6.45, 7) is 7.21. The van der Waals surface area contributed by atoms with Crippen LogP contribution >= 0.6 is 46.3 Å². The van der Waals surface area contributed by atoms with Gasteiger partial charge in [0.2, 0.25) is 0 Å². The maximum absolute atomic E-state index is 13.2. The monoisotopic (exact) mass is 660 g/mol. The Kier molecular flexibility index (Phi) is 10.2. The second-order valence-corrected chi connectivity index (χ2v) is 10.9. The van der Waals surface area contributed by atoms with Gasteiger partial charge in [-0.1, -0.05) is 23.2 Å². The summed E-state index contributed by atoms with van der Waals surface area (Å²) in [6, 6.07) is 8.20. The quantitative estimate of drug-likeness (QED) is 0.0569. The molecule has 2 aromatic carbocycles. The Morgan fingerprint density at radius 3 is 2.16 bits per heavy atom. The Morgan fingerprint density at radius 2 is 1.60 bits per heavy atom. The summed E-state index contributed by atoms with van der Waals surface area (Å²) < 4.78 is 26.3. The summed E-state index contributed by atoms with van der Waals surface area (Å²) in [5.41, 5.74) is 7.35. The van der Waals surface area contributed by atoms with Crippen LogP contribution in [0.4, 0.5) is 43.2 Å². The molecule has 0 bridgehead atoms. The molecule has 3 heterocycles. The summed E-state index contributed by atoms with van der Waals surface area (Å²) in [7, 11) is 0. The van der Waals surface area contributed by atoms with Crippen LogP contribution in [0.1, 0.15) is 9.67 Å². The van der Waals surface area contributed by atoms with Crippen LogP contribution in [-0.2, 0) is 4.79 Å². The smallest absolute Gasteiger partial charge is 0.313 e. The van der Waals surface area contributed by atoms with Gasteiger partial charge in [-0.05, 0) is 36.4 Å². The van der Waals surface area contributed by atoms with Crippen molar-refractivity contribution in [1.82, 2.24) is 19.9 Å². The van der Waals surface area contributed by atoms with Crippen LogP contribution in [0.3, 0.4) is 0 Å². The third-order valence-corrected chi connectivity index (χ3v) is 7.84. The number of nitrogens with one attached hydrogen (secondary N) is 2.